The van der Waals surface area contributed by atoms with E-state index in [1.165, 1.54) is 95.6 Å². The summed E-state index contributed by atoms with van der Waals surface area (Å²) < 4.78 is 8.76. The Morgan fingerprint density at radius 2 is 1.04 bits per heavy atom. The predicted octanol–water partition coefficient (Wildman–Crippen LogP) is 12.8. The highest BCUT2D eigenvalue weighted by atomic mass is 16.5. The van der Waals surface area contributed by atoms with Crippen molar-refractivity contribution in [3.05, 3.63) is 157 Å². The fourth-order valence-electron chi connectivity index (χ4n) is 9.76. The highest BCUT2D eigenvalue weighted by Gasteiger charge is 2.34. The first-order valence-electron chi connectivity index (χ1n) is 19.1. The van der Waals surface area contributed by atoms with E-state index in [-0.39, 0.29) is 0 Å². The van der Waals surface area contributed by atoms with Gasteiger partial charge in [0.1, 0.15) is 0 Å². The Kier molecular flexibility index (Phi) is 7.66. The van der Waals surface area contributed by atoms with Gasteiger partial charge in [-0.2, -0.15) is 0 Å². The molecular weight excluding hydrogens is 621 g/mol. The lowest BCUT2D eigenvalue weighted by Gasteiger charge is -2.45. The van der Waals surface area contributed by atoms with E-state index in [2.05, 4.69) is 155 Å². The number of fused-ring (bicyclic) bond motifs is 5. The van der Waals surface area contributed by atoms with E-state index in [0.717, 1.165) is 22.7 Å². The van der Waals surface area contributed by atoms with Crippen molar-refractivity contribution in [2.75, 3.05) is 4.90 Å². The zero-order chi connectivity index (χ0) is 33.7. The number of para-hydroxylation sites is 3. The highest BCUT2D eigenvalue weighted by molar-refractivity contribution is 6.12. The fourth-order valence-corrected chi connectivity index (χ4v) is 9.76. The van der Waals surface area contributed by atoms with Crippen LogP contribution in [-0.4, -0.2) is 16.7 Å². The summed E-state index contributed by atoms with van der Waals surface area (Å²) in [6, 6.07) is 55.0. The molecule has 1 aromatic heterocycles. The molecule has 0 N–H and O–H groups in total. The lowest BCUT2D eigenvalue weighted by molar-refractivity contribution is 0.310. The first-order chi connectivity index (χ1) is 25.3. The number of hydrogen-bond acceptors (Lipinski definition) is 2. The molecule has 252 valence electrons. The molecule has 6 aromatic carbocycles. The van der Waals surface area contributed by atoms with Crippen LogP contribution in [-0.2, 0) is 0 Å². The normalized spacial score (nSPS) is 21.3. The zero-order valence-corrected chi connectivity index (χ0v) is 29.1. The lowest BCUT2D eigenvalue weighted by atomic mass is 9.78. The Morgan fingerprint density at radius 1 is 0.471 bits per heavy atom. The van der Waals surface area contributed by atoms with Crippen molar-refractivity contribution in [2.45, 2.75) is 75.3 Å². The van der Waals surface area contributed by atoms with Crippen LogP contribution < -0.4 is 9.64 Å². The standard InChI is InChI=1S/C48H44N2O/c1-3-10-33(11-4-1)35-18-25-39(26-19-35)49(40-27-20-36(21-28-40)34-12-5-2-6-13-34)41-29-22-37(23-30-41)38-24-31-42-43-14-9-17-47-48(43)50(45(42)32-38)44-15-7-8-16-46(44)51-47/h1-17,22-24,29-32,35-36,39-40H,18-21,25-28H2. The van der Waals surface area contributed by atoms with E-state index < -0.39 is 0 Å². The fraction of sp³-hybridized carbons (Fsp3) is 0.250. The van der Waals surface area contributed by atoms with E-state index in [0.29, 0.717) is 23.9 Å². The highest BCUT2D eigenvalue weighted by Crippen LogP contribution is 2.46. The minimum absolute atomic E-state index is 0.586. The number of ether oxygens (including phenoxy) is 1. The molecule has 2 aliphatic carbocycles. The van der Waals surface area contributed by atoms with E-state index in [4.69, 9.17) is 4.74 Å². The topological polar surface area (TPSA) is 17.4 Å². The molecule has 3 nitrogen and oxygen atoms in total. The van der Waals surface area contributed by atoms with Gasteiger partial charge >= 0.3 is 0 Å². The van der Waals surface area contributed by atoms with Crippen molar-refractivity contribution in [3.63, 3.8) is 0 Å². The van der Waals surface area contributed by atoms with Crippen LogP contribution in [0.25, 0.3) is 38.6 Å². The predicted molar refractivity (Wildman–Crippen MR) is 212 cm³/mol. The molecule has 0 bridgehead atoms. The van der Waals surface area contributed by atoms with Crippen molar-refractivity contribution < 1.29 is 4.74 Å². The molecule has 51 heavy (non-hydrogen) atoms. The second-order valence-corrected chi connectivity index (χ2v) is 15.1. The molecule has 2 fully saturated rings. The van der Waals surface area contributed by atoms with Crippen LogP contribution in [0.3, 0.4) is 0 Å². The minimum atomic E-state index is 0.586. The molecule has 3 heteroatoms. The van der Waals surface area contributed by atoms with Crippen LogP contribution in [0.15, 0.2) is 146 Å². The maximum absolute atomic E-state index is 6.36. The number of hydrogen-bond donors (Lipinski definition) is 0. The molecule has 2 saturated carbocycles. The van der Waals surface area contributed by atoms with Crippen LogP contribution in [0.1, 0.15) is 74.3 Å². The van der Waals surface area contributed by atoms with Gasteiger partial charge in [-0.05, 0) is 122 Å². The quantitative estimate of drug-likeness (QED) is 0.176. The maximum Gasteiger partial charge on any atom is 0.152 e. The van der Waals surface area contributed by atoms with Crippen LogP contribution in [0.4, 0.5) is 5.69 Å². The van der Waals surface area contributed by atoms with Crippen LogP contribution >= 0.6 is 0 Å². The largest absolute Gasteiger partial charge is 0.453 e. The number of aromatic nitrogens is 1. The first-order valence-corrected chi connectivity index (χ1v) is 19.1. The third-order valence-electron chi connectivity index (χ3n) is 12.3. The molecule has 1 aliphatic heterocycles. The maximum atomic E-state index is 6.36. The molecule has 10 rings (SSSR count). The number of rotatable bonds is 6. The van der Waals surface area contributed by atoms with Crippen LogP contribution in [0, 0.1) is 0 Å². The summed E-state index contributed by atoms with van der Waals surface area (Å²) in [6.07, 6.45) is 10.1. The monoisotopic (exact) mass is 664 g/mol. The first kappa shape index (κ1) is 30.5. The van der Waals surface area contributed by atoms with Gasteiger partial charge in [-0.25, -0.2) is 0 Å². The van der Waals surface area contributed by atoms with Crippen molar-refractivity contribution in [1.29, 1.82) is 0 Å². The van der Waals surface area contributed by atoms with Gasteiger partial charge in [-0.15, -0.1) is 0 Å². The number of benzene rings is 6. The van der Waals surface area contributed by atoms with Gasteiger partial charge in [0.25, 0.3) is 0 Å². The molecule has 7 aromatic rings. The Balaban J connectivity index is 0.968. The Bertz CT molecular complexity index is 2250. The average molecular weight is 665 g/mol. The second kappa shape index (κ2) is 12.8. The molecule has 0 radical (unpaired) electrons. The molecule has 0 unspecified atom stereocenters. The molecular formula is C48H44N2O. The zero-order valence-electron chi connectivity index (χ0n) is 29.1. The summed E-state index contributed by atoms with van der Waals surface area (Å²) in [5.74, 6) is 3.19. The Labute approximate surface area is 301 Å². The SMILES string of the molecule is c1ccc(C2CCC(N(c3ccc(-c4ccc5c6cccc7c6n(c5c4)-c4ccccc4O7)cc3)C3CCC(c4ccccc4)CC3)CC2)cc1. The Morgan fingerprint density at radius 3 is 1.69 bits per heavy atom. The minimum Gasteiger partial charge on any atom is -0.453 e. The van der Waals surface area contributed by atoms with Crippen molar-refractivity contribution in [3.8, 4) is 28.3 Å². The molecule has 0 saturated heterocycles. The molecule has 0 atom stereocenters. The van der Waals surface area contributed by atoms with Crippen molar-refractivity contribution in [2.24, 2.45) is 0 Å². The third-order valence-corrected chi connectivity index (χ3v) is 12.3. The molecule has 0 amide bonds. The second-order valence-electron chi connectivity index (χ2n) is 15.1. The van der Waals surface area contributed by atoms with E-state index >= 15 is 0 Å². The van der Waals surface area contributed by atoms with Crippen LogP contribution in [0.2, 0.25) is 0 Å². The Hall–Kier alpha value is -5.28. The number of anilines is 1. The van der Waals surface area contributed by atoms with Crippen molar-refractivity contribution >= 4 is 27.5 Å². The third kappa shape index (κ3) is 5.42. The molecule has 0 spiro atoms. The van der Waals surface area contributed by atoms with Gasteiger partial charge in [0.05, 0.1) is 16.7 Å². The van der Waals surface area contributed by atoms with Gasteiger partial charge in [-0.3, -0.25) is 0 Å². The summed E-state index contributed by atoms with van der Waals surface area (Å²) >= 11 is 0. The van der Waals surface area contributed by atoms with E-state index in [9.17, 15) is 0 Å². The van der Waals surface area contributed by atoms with Crippen LogP contribution in [0.5, 0.6) is 11.5 Å². The van der Waals surface area contributed by atoms with Gasteiger partial charge in [0.2, 0.25) is 0 Å². The van der Waals surface area contributed by atoms with Gasteiger partial charge in [0, 0.05) is 28.5 Å². The summed E-state index contributed by atoms with van der Waals surface area (Å²) in [6.45, 7) is 0. The summed E-state index contributed by atoms with van der Waals surface area (Å²) in [5, 5.41) is 2.49. The van der Waals surface area contributed by atoms with Gasteiger partial charge < -0.3 is 14.2 Å². The molecule has 3 aliphatic rings. The molecule has 2 heterocycles. The summed E-state index contributed by atoms with van der Waals surface area (Å²) in [5.41, 5.74) is 10.4. The summed E-state index contributed by atoms with van der Waals surface area (Å²) in [4.78, 5) is 2.87. The summed E-state index contributed by atoms with van der Waals surface area (Å²) in [7, 11) is 0. The van der Waals surface area contributed by atoms with Gasteiger partial charge in [-0.1, -0.05) is 109 Å². The van der Waals surface area contributed by atoms with E-state index in [1.807, 2.05) is 0 Å². The smallest absolute Gasteiger partial charge is 0.152 e. The van der Waals surface area contributed by atoms with E-state index in [1.54, 1.807) is 0 Å². The number of nitrogens with zero attached hydrogens (tertiary/aromatic N) is 2. The van der Waals surface area contributed by atoms with Crippen molar-refractivity contribution in [1.82, 2.24) is 4.57 Å². The van der Waals surface area contributed by atoms with Gasteiger partial charge in [0.15, 0.2) is 11.5 Å². The lowest BCUT2D eigenvalue weighted by Crippen LogP contribution is -2.46. The average Bonchev–Trinajstić information content (AvgIpc) is 3.55.